The van der Waals surface area contributed by atoms with Gasteiger partial charge in [-0.2, -0.15) is 0 Å². The third-order valence-electron chi connectivity index (χ3n) is 3.47. The fourth-order valence-electron chi connectivity index (χ4n) is 2.35. The van der Waals surface area contributed by atoms with Crippen LogP contribution in [-0.2, 0) is 0 Å². The van der Waals surface area contributed by atoms with E-state index in [0.29, 0.717) is 12.4 Å². The van der Waals surface area contributed by atoms with Crippen LogP contribution in [-0.4, -0.2) is 17.5 Å². The number of thiophene rings is 1. The lowest BCUT2D eigenvalue weighted by Gasteiger charge is -2.06. The summed E-state index contributed by atoms with van der Waals surface area (Å²) < 4.78 is 6.56. The van der Waals surface area contributed by atoms with Crippen molar-refractivity contribution in [2.24, 2.45) is 0 Å². The summed E-state index contributed by atoms with van der Waals surface area (Å²) in [4.78, 5) is 12.4. The summed E-state index contributed by atoms with van der Waals surface area (Å²) in [6, 6.07) is 12.7. The van der Waals surface area contributed by atoms with Crippen molar-refractivity contribution in [3.63, 3.8) is 0 Å². The summed E-state index contributed by atoms with van der Waals surface area (Å²) >= 11 is 1.64. The maximum absolute atomic E-state index is 12.4. The molecule has 0 atom stereocenters. The second kappa shape index (κ2) is 6.67. The summed E-state index contributed by atoms with van der Waals surface area (Å²) in [5.74, 6) is 0.278. The Morgan fingerprint density at radius 1 is 1.26 bits per heavy atom. The first kappa shape index (κ1) is 15.3. The van der Waals surface area contributed by atoms with Crippen LogP contribution in [0.1, 0.15) is 22.8 Å². The van der Waals surface area contributed by atoms with Crippen LogP contribution in [0.2, 0.25) is 0 Å². The molecular formula is C19H16O3S. The van der Waals surface area contributed by atoms with Gasteiger partial charge in [0, 0.05) is 4.70 Å². The minimum absolute atomic E-state index is 0.0433. The van der Waals surface area contributed by atoms with E-state index in [2.05, 4.69) is 6.07 Å². The number of carbonyl (C=O) groups excluding carboxylic acids is 1. The van der Waals surface area contributed by atoms with E-state index in [4.69, 9.17) is 4.74 Å². The maximum Gasteiger partial charge on any atom is 0.189 e. The molecule has 116 valence electrons. The number of phenolic OH excluding ortho intramolecular Hbond substituents is 1. The molecule has 0 unspecified atom stereocenters. The molecule has 3 aromatic rings. The number of ether oxygens (including phenoxy) is 1. The van der Waals surface area contributed by atoms with Crippen molar-refractivity contribution in [2.45, 2.75) is 6.92 Å². The van der Waals surface area contributed by atoms with Gasteiger partial charge in [0.1, 0.15) is 11.5 Å². The van der Waals surface area contributed by atoms with Gasteiger partial charge in [0.25, 0.3) is 0 Å². The molecule has 0 bridgehead atoms. The van der Waals surface area contributed by atoms with E-state index >= 15 is 0 Å². The predicted octanol–water partition coefficient (Wildman–Crippen LogP) is 4.90. The van der Waals surface area contributed by atoms with Crippen molar-refractivity contribution in [2.75, 3.05) is 6.61 Å². The largest absolute Gasteiger partial charge is 0.507 e. The Bertz CT molecular complexity index is 877. The summed E-state index contributed by atoms with van der Waals surface area (Å²) in [6.07, 6.45) is 3.27. The third-order valence-corrected chi connectivity index (χ3v) is 4.45. The van der Waals surface area contributed by atoms with Gasteiger partial charge >= 0.3 is 0 Å². The van der Waals surface area contributed by atoms with Crippen molar-refractivity contribution in [3.8, 4) is 11.5 Å². The summed E-state index contributed by atoms with van der Waals surface area (Å²) in [5.41, 5.74) is 1.24. The number of carbonyl (C=O) groups is 1. The van der Waals surface area contributed by atoms with E-state index in [-0.39, 0.29) is 17.1 Å². The van der Waals surface area contributed by atoms with Crippen LogP contribution in [0.25, 0.3) is 16.2 Å². The molecule has 0 radical (unpaired) electrons. The Hall–Kier alpha value is -2.59. The normalized spacial score (nSPS) is 11.2. The van der Waals surface area contributed by atoms with Crippen LogP contribution in [0.5, 0.6) is 11.5 Å². The highest BCUT2D eigenvalue weighted by molar-refractivity contribution is 7.17. The fourth-order valence-corrected chi connectivity index (χ4v) is 3.28. The number of aromatic hydroxyl groups is 1. The molecule has 1 heterocycles. The zero-order valence-electron chi connectivity index (χ0n) is 12.7. The lowest BCUT2D eigenvalue weighted by molar-refractivity contribution is 0.104. The molecule has 23 heavy (non-hydrogen) atoms. The monoisotopic (exact) mass is 324 g/mol. The molecule has 2 aromatic carbocycles. The van der Waals surface area contributed by atoms with Crippen LogP contribution in [0.15, 0.2) is 53.9 Å². The molecule has 0 saturated heterocycles. The van der Waals surface area contributed by atoms with Gasteiger partial charge < -0.3 is 9.84 Å². The lowest BCUT2D eigenvalue weighted by atomic mass is 10.1. The highest BCUT2D eigenvalue weighted by Gasteiger charge is 2.10. The SMILES string of the molecule is CCOc1ccc(O)c(C(=O)/C=C/c2csc3ccccc23)c1. The van der Waals surface area contributed by atoms with E-state index in [9.17, 15) is 9.90 Å². The lowest BCUT2D eigenvalue weighted by Crippen LogP contribution is -1.98. The van der Waals surface area contributed by atoms with Crippen LogP contribution in [0.4, 0.5) is 0 Å². The van der Waals surface area contributed by atoms with Gasteiger partial charge in [-0.3, -0.25) is 4.79 Å². The van der Waals surface area contributed by atoms with Crippen LogP contribution in [0, 0.1) is 0 Å². The second-order valence-electron chi connectivity index (χ2n) is 5.00. The molecule has 0 aliphatic carbocycles. The van der Waals surface area contributed by atoms with E-state index < -0.39 is 0 Å². The zero-order chi connectivity index (χ0) is 16.2. The Kier molecular flexibility index (Phi) is 4.44. The van der Waals surface area contributed by atoms with Gasteiger partial charge in [-0.05, 0) is 59.7 Å². The molecule has 3 nitrogen and oxygen atoms in total. The first-order valence-corrected chi connectivity index (χ1v) is 8.21. The van der Waals surface area contributed by atoms with Crippen molar-refractivity contribution in [1.82, 2.24) is 0 Å². The smallest absolute Gasteiger partial charge is 0.189 e. The fraction of sp³-hybridized carbons (Fsp3) is 0.105. The van der Waals surface area contributed by atoms with Crippen molar-refractivity contribution >= 4 is 33.3 Å². The number of hydrogen-bond donors (Lipinski definition) is 1. The molecule has 1 N–H and O–H groups in total. The number of phenols is 1. The molecular weight excluding hydrogens is 308 g/mol. The predicted molar refractivity (Wildman–Crippen MR) is 94.5 cm³/mol. The van der Waals surface area contributed by atoms with Crippen LogP contribution >= 0.6 is 11.3 Å². The van der Waals surface area contributed by atoms with Gasteiger partial charge in [0.2, 0.25) is 0 Å². The first-order chi connectivity index (χ1) is 11.2. The first-order valence-electron chi connectivity index (χ1n) is 7.33. The van der Waals surface area contributed by atoms with Gasteiger partial charge in [-0.25, -0.2) is 0 Å². The highest BCUT2D eigenvalue weighted by Crippen LogP contribution is 2.28. The standard InChI is InChI=1S/C19H16O3S/c1-2-22-14-8-10-18(21)16(11-14)17(20)9-7-13-12-23-19-6-4-3-5-15(13)19/h3-12,21H,2H2,1H3/b9-7+. The number of rotatable bonds is 5. The summed E-state index contributed by atoms with van der Waals surface area (Å²) in [7, 11) is 0. The highest BCUT2D eigenvalue weighted by atomic mass is 32.1. The quantitative estimate of drug-likeness (QED) is 0.536. The maximum atomic E-state index is 12.4. The average Bonchev–Trinajstić information content (AvgIpc) is 2.98. The van der Waals surface area contributed by atoms with Crippen LogP contribution in [0.3, 0.4) is 0 Å². The van der Waals surface area contributed by atoms with Crippen molar-refractivity contribution in [3.05, 3.63) is 65.0 Å². The molecule has 0 aliphatic heterocycles. The Balaban J connectivity index is 1.88. The number of benzene rings is 2. The van der Waals surface area contributed by atoms with Gasteiger partial charge in [-0.1, -0.05) is 18.2 Å². The molecule has 0 amide bonds. The van der Waals surface area contributed by atoms with E-state index in [0.717, 1.165) is 10.9 Å². The van der Waals surface area contributed by atoms with Crippen molar-refractivity contribution < 1.29 is 14.6 Å². The molecule has 1 aromatic heterocycles. The molecule has 0 aliphatic rings. The molecule has 3 rings (SSSR count). The Labute approximate surface area is 138 Å². The van der Waals surface area contributed by atoms with E-state index in [1.165, 1.54) is 16.8 Å². The minimum Gasteiger partial charge on any atom is -0.507 e. The molecule has 0 fully saturated rings. The topological polar surface area (TPSA) is 46.5 Å². The van der Waals surface area contributed by atoms with Gasteiger partial charge in [-0.15, -0.1) is 11.3 Å². The minimum atomic E-state index is -0.251. The third kappa shape index (κ3) is 3.27. The Morgan fingerprint density at radius 3 is 2.91 bits per heavy atom. The second-order valence-corrected chi connectivity index (χ2v) is 5.91. The van der Waals surface area contributed by atoms with E-state index in [1.54, 1.807) is 29.5 Å². The number of ketones is 1. The van der Waals surface area contributed by atoms with Crippen molar-refractivity contribution in [1.29, 1.82) is 0 Å². The number of allylic oxidation sites excluding steroid dienone is 1. The molecule has 0 spiro atoms. The molecule has 4 heteroatoms. The summed E-state index contributed by atoms with van der Waals surface area (Å²) in [5, 5.41) is 13.0. The van der Waals surface area contributed by atoms with Crippen LogP contribution < -0.4 is 4.74 Å². The number of hydrogen-bond acceptors (Lipinski definition) is 4. The number of fused-ring (bicyclic) bond motifs is 1. The molecule has 0 saturated carbocycles. The summed E-state index contributed by atoms with van der Waals surface area (Å²) in [6.45, 7) is 2.38. The van der Waals surface area contributed by atoms with E-state index in [1.807, 2.05) is 30.5 Å². The van der Waals surface area contributed by atoms with Gasteiger partial charge in [0.05, 0.1) is 12.2 Å². The Morgan fingerprint density at radius 2 is 2.09 bits per heavy atom. The zero-order valence-corrected chi connectivity index (χ0v) is 13.5. The van der Waals surface area contributed by atoms with Gasteiger partial charge in [0.15, 0.2) is 5.78 Å². The average molecular weight is 324 g/mol.